The van der Waals surface area contributed by atoms with E-state index in [4.69, 9.17) is 4.74 Å². The zero-order chi connectivity index (χ0) is 20.9. The molecule has 9 heteroatoms. The number of hydrogen-bond acceptors (Lipinski definition) is 5. The zero-order valence-electron chi connectivity index (χ0n) is 15.7. The van der Waals surface area contributed by atoms with Crippen molar-refractivity contribution < 1.29 is 27.1 Å². The van der Waals surface area contributed by atoms with Gasteiger partial charge < -0.3 is 10.1 Å². The van der Waals surface area contributed by atoms with Crippen molar-refractivity contribution in [1.29, 1.82) is 0 Å². The van der Waals surface area contributed by atoms with Gasteiger partial charge in [-0.1, -0.05) is 6.07 Å². The number of esters is 1. The normalized spacial score (nSPS) is 11.6. The van der Waals surface area contributed by atoms with Crippen molar-refractivity contribution in [2.24, 2.45) is 0 Å². The molecular formula is C19H21FN2O5S. The largest absolute Gasteiger partial charge is 0.452 e. The summed E-state index contributed by atoms with van der Waals surface area (Å²) in [5.41, 5.74) is -0.317. The Labute approximate surface area is 163 Å². The summed E-state index contributed by atoms with van der Waals surface area (Å²) >= 11 is 0. The minimum absolute atomic E-state index is 0.0226. The molecule has 0 radical (unpaired) electrons. The summed E-state index contributed by atoms with van der Waals surface area (Å²) in [6.07, 6.45) is 0. The van der Waals surface area contributed by atoms with Crippen LogP contribution in [0.3, 0.4) is 0 Å². The lowest BCUT2D eigenvalue weighted by molar-refractivity contribution is -0.125. The van der Waals surface area contributed by atoms with Crippen LogP contribution in [0.2, 0.25) is 0 Å². The lowest BCUT2D eigenvalue weighted by Gasteiger charge is -2.20. The van der Waals surface area contributed by atoms with Gasteiger partial charge in [-0.25, -0.2) is 17.6 Å². The second kappa shape index (κ2) is 8.39. The van der Waals surface area contributed by atoms with Gasteiger partial charge in [0.05, 0.1) is 10.5 Å². The molecule has 0 saturated carbocycles. The van der Waals surface area contributed by atoms with Gasteiger partial charge in [0.1, 0.15) is 5.82 Å². The van der Waals surface area contributed by atoms with Gasteiger partial charge in [-0.2, -0.15) is 0 Å². The number of rotatable bonds is 6. The summed E-state index contributed by atoms with van der Waals surface area (Å²) in [6, 6.07) is 9.98. The fourth-order valence-corrected chi connectivity index (χ4v) is 3.30. The highest BCUT2D eigenvalue weighted by molar-refractivity contribution is 7.92. The van der Waals surface area contributed by atoms with Crippen molar-refractivity contribution in [3.8, 4) is 0 Å². The maximum absolute atomic E-state index is 12.9. The standard InChI is InChI=1S/C19H21FN2O5S/c1-19(2,3)21-17(23)12-27-18(24)13-5-4-6-16(11-13)28(25,26)22-15-9-7-14(20)8-10-15/h4-11,22H,12H2,1-3H3,(H,21,23). The number of carbonyl (C=O) groups is 2. The van der Waals surface area contributed by atoms with E-state index >= 15 is 0 Å². The van der Waals surface area contributed by atoms with E-state index in [-0.39, 0.29) is 16.1 Å². The smallest absolute Gasteiger partial charge is 0.338 e. The molecule has 0 aromatic heterocycles. The molecule has 0 fully saturated rings. The number of nitrogens with one attached hydrogen (secondary N) is 2. The van der Waals surface area contributed by atoms with Crippen molar-refractivity contribution in [3.63, 3.8) is 0 Å². The van der Waals surface area contributed by atoms with Gasteiger partial charge in [0.25, 0.3) is 15.9 Å². The predicted molar refractivity (Wildman–Crippen MR) is 102 cm³/mol. The van der Waals surface area contributed by atoms with Crippen molar-refractivity contribution in [1.82, 2.24) is 5.32 Å². The van der Waals surface area contributed by atoms with Crippen LogP contribution in [-0.2, 0) is 19.6 Å². The number of ether oxygens (including phenoxy) is 1. The number of hydrogen-bond donors (Lipinski definition) is 2. The minimum atomic E-state index is -4.00. The summed E-state index contributed by atoms with van der Waals surface area (Å²) in [6.45, 7) is 4.88. The zero-order valence-corrected chi connectivity index (χ0v) is 16.5. The van der Waals surface area contributed by atoms with E-state index in [1.54, 1.807) is 20.8 Å². The van der Waals surface area contributed by atoms with Crippen LogP contribution >= 0.6 is 0 Å². The van der Waals surface area contributed by atoms with Crippen molar-refractivity contribution in [3.05, 3.63) is 59.9 Å². The highest BCUT2D eigenvalue weighted by Crippen LogP contribution is 2.18. The van der Waals surface area contributed by atoms with Gasteiger partial charge in [-0.15, -0.1) is 0 Å². The van der Waals surface area contributed by atoms with E-state index in [9.17, 15) is 22.4 Å². The second-order valence-electron chi connectivity index (χ2n) is 7.01. The number of halogens is 1. The first kappa shape index (κ1) is 21.4. The summed E-state index contributed by atoms with van der Waals surface area (Å²) in [5, 5.41) is 2.64. The lowest BCUT2D eigenvalue weighted by Crippen LogP contribution is -2.42. The summed E-state index contributed by atoms with van der Waals surface area (Å²) < 4.78 is 45.1. The molecule has 1 amide bonds. The van der Waals surface area contributed by atoms with E-state index in [0.29, 0.717) is 0 Å². The van der Waals surface area contributed by atoms with Gasteiger partial charge in [-0.3, -0.25) is 9.52 Å². The maximum Gasteiger partial charge on any atom is 0.338 e. The molecule has 0 aliphatic carbocycles. The molecular weight excluding hydrogens is 387 g/mol. The highest BCUT2D eigenvalue weighted by atomic mass is 32.2. The molecule has 150 valence electrons. The Morgan fingerprint density at radius 2 is 1.71 bits per heavy atom. The van der Waals surface area contributed by atoms with Gasteiger partial charge in [0.2, 0.25) is 0 Å². The Morgan fingerprint density at radius 3 is 2.32 bits per heavy atom. The first-order chi connectivity index (χ1) is 13.0. The Morgan fingerprint density at radius 1 is 1.07 bits per heavy atom. The summed E-state index contributed by atoms with van der Waals surface area (Å²) in [7, 11) is -4.00. The first-order valence-electron chi connectivity index (χ1n) is 8.33. The van der Waals surface area contributed by atoms with E-state index < -0.39 is 39.9 Å². The van der Waals surface area contributed by atoms with Crippen molar-refractivity contribution in [2.75, 3.05) is 11.3 Å². The third-order valence-electron chi connectivity index (χ3n) is 3.33. The average Bonchev–Trinajstić information content (AvgIpc) is 2.60. The van der Waals surface area contributed by atoms with Gasteiger partial charge in [0.15, 0.2) is 6.61 Å². The maximum atomic E-state index is 12.9. The van der Waals surface area contributed by atoms with Crippen molar-refractivity contribution in [2.45, 2.75) is 31.2 Å². The van der Waals surface area contributed by atoms with E-state index in [0.717, 1.165) is 18.2 Å². The molecule has 0 saturated heterocycles. The molecule has 2 N–H and O–H groups in total. The fourth-order valence-electron chi connectivity index (χ4n) is 2.19. The van der Waals surface area contributed by atoms with E-state index in [1.807, 2.05) is 0 Å². The predicted octanol–water partition coefficient (Wildman–Crippen LogP) is 2.70. The van der Waals surface area contributed by atoms with Gasteiger partial charge >= 0.3 is 5.97 Å². The Bertz CT molecular complexity index is 967. The Hall–Kier alpha value is -2.94. The number of anilines is 1. The monoisotopic (exact) mass is 408 g/mol. The van der Waals surface area contributed by atoms with Crippen LogP contribution in [0.25, 0.3) is 0 Å². The second-order valence-corrected chi connectivity index (χ2v) is 8.70. The van der Waals surface area contributed by atoms with Crippen LogP contribution in [0.15, 0.2) is 53.4 Å². The van der Waals surface area contributed by atoms with Crippen LogP contribution in [0.1, 0.15) is 31.1 Å². The molecule has 0 aliphatic heterocycles. The van der Waals surface area contributed by atoms with E-state index in [1.165, 1.54) is 30.3 Å². The fraction of sp³-hybridized carbons (Fsp3) is 0.263. The molecule has 2 aromatic carbocycles. The molecule has 0 heterocycles. The minimum Gasteiger partial charge on any atom is -0.452 e. The molecule has 0 aliphatic rings. The molecule has 0 spiro atoms. The van der Waals surface area contributed by atoms with Crippen LogP contribution in [0, 0.1) is 5.82 Å². The molecule has 2 aromatic rings. The van der Waals surface area contributed by atoms with Crippen LogP contribution in [0.4, 0.5) is 10.1 Å². The van der Waals surface area contributed by atoms with Gasteiger partial charge in [0, 0.05) is 11.2 Å². The number of carbonyl (C=O) groups excluding carboxylic acids is 2. The topological polar surface area (TPSA) is 102 Å². The molecule has 7 nitrogen and oxygen atoms in total. The number of sulfonamides is 1. The average molecular weight is 408 g/mol. The Kier molecular flexibility index (Phi) is 6.40. The van der Waals surface area contributed by atoms with Crippen LogP contribution in [-0.4, -0.2) is 32.4 Å². The molecule has 0 bridgehead atoms. The van der Waals surface area contributed by atoms with Gasteiger partial charge in [-0.05, 0) is 63.2 Å². The third kappa shape index (κ3) is 6.34. The molecule has 28 heavy (non-hydrogen) atoms. The lowest BCUT2D eigenvalue weighted by atomic mass is 10.1. The molecule has 0 atom stereocenters. The summed E-state index contributed by atoms with van der Waals surface area (Å²) in [5.74, 6) is -1.80. The first-order valence-corrected chi connectivity index (χ1v) is 9.81. The SMILES string of the molecule is CC(C)(C)NC(=O)COC(=O)c1cccc(S(=O)(=O)Nc2ccc(F)cc2)c1. The van der Waals surface area contributed by atoms with Crippen LogP contribution < -0.4 is 10.0 Å². The molecule has 2 rings (SSSR count). The third-order valence-corrected chi connectivity index (χ3v) is 4.70. The highest BCUT2D eigenvalue weighted by Gasteiger charge is 2.19. The summed E-state index contributed by atoms with van der Waals surface area (Å²) in [4.78, 5) is 23.7. The number of amides is 1. The number of benzene rings is 2. The Balaban J connectivity index is 2.09. The quantitative estimate of drug-likeness (QED) is 0.716. The molecule has 0 unspecified atom stereocenters. The van der Waals surface area contributed by atoms with Crippen molar-refractivity contribution >= 4 is 27.6 Å². The van der Waals surface area contributed by atoms with Crippen LogP contribution in [0.5, 0.6) is 0 Å². The van der Waals surface area contributed by atoms with E-state index in [2.05, 4.69) is 10.0 Å².